The number of carboxylic acids is 1. The fourth-order valence-corrected chi connectivity index (χ4v) is 5.10. The molecule has 0 radical (unpaired) electrons. The topological polar surface area (TPSA) is 162 Å². The van der Waals surface area contributed by atoms with E-state index < -0.39 is 41.0 Å². The van der Waals surface area contributed by atoms with Gasteiger partial charge in [0.05, 0.1) is 28.8 Å². The van der Waals surface area contributed by atoms with E-state index in [1.807, 2.05) is 9.80 Å². The number of hydrogen-bond donors (Lipinski definition) is 3. The van der Waals surface area contributed by atoms with Crippen LogP contribution < -0.4 is 15.5 Å². The van der Waals surface area contributed by atoms with Crippen LogP contribution in [0, 0.1) is 21.8 Å². The van der Waals surface area contributed by atoms with Crippen LogP contribution in [0.2, 0.25) is 0 Å². The molecule has 3 amide bonds. The predicted octanol–water partition coefficient (Wildman–Crippen LogP) is 3.99. The lowest BCUT2D eigenvalue weighted by Crippen LogP contribution is -2.49. The zero-order valence-corrected chi connectivity index (χ0v) is 23.6. The molecule has 5 rings (SSSR count). The van der Waals surface area contributed by atoms with Crippen molar-refractivity contribution in [2.45, 2.75) is 25.3 Å². The molecule has 12 nitrogen and oxygen atoms in total. The Balaban J connectivity index is 1.40. The Labute approximate surface area is 251 Å². The maximum Gasteiger partial charge on any atom is 0.305 e. The van der Waals surface area contributed by atoms with Crippen molar-refractivity contribution in [3.63, 3.8) is 0 Å². The Morgan fingerprint density at radius 3 is 2.14 bits per heavy atom. The second kappa shape index (κ2) is 12.9. The number of benzene rings is 3. The van der Waals surface area contributed by atoms with E-state index in [0.717, 1.165) is 12.8 Å². The second-order valence-corrected chi connectivity index (χ2v) is 10.8. The molecule has 0 spiro atoms. The molecule has 1 unspecified atom stereocenters. The molecule has 3 N–H and O–H groups in total. The smallest absolute Gasteiger partial charge is 0.305 e. The van der Waals surface area contributed by atoms with Crippen molar-refractivity contribution in [1.29, 1.82) is 0 Å². The molecular formula is C31H30FN5O7. The molecule has 1 heterocycles. The number of amides is 3. The molecule has 3 aromatic rings. The lowest BCUT2D eigenvalue weighted by Gasteiger charge is -2.37. The van der Waals surface area contributed by atoms with Gasteiger partial charge in [0.2, 0.25) is 5.91 Å². The van der Waals surface area contributed by atoms with E-state index in [0.29, 0.717) is 43.1 Å². The summed E-state index contributed by atoms with van der Waals surface area (Å²) in [6.45, 7) is 2.00. The Morgan fingerprint density at radius 2 is 1.55 bits per heavy atom. The Bertz CT molecular complexity index is 1580. The van der Waals surface area contributed by atoms with Gasteiger partial charge in [0.25, 0.3) is 17.5 Å². The highest BCUT2D eigenvalue weighted by atomic mass is 19.1. The van der Waals surface area contributed by atoms with Crippen LogP contribution >= 0.6 is 0 Å². The third-order valence-corrected chi connectivity index (χ3v) is 7.66. The minimum absolute atomic E-state index is 0.107. The number of piperazine rings is 1. The molecule has 1 saturated heterocycles. The molecule has 1 aliphatic carbocycles. The van der Waals surface area contributed by atoms with Gasteiger partial charge in [0.15, 0.2) is 0 Å². The van der Waals surface area contributed by atoms with Gasteiger partial charge in [-0.1, -0.05) is 12.1 Å². The molecule has 44 heavy (non-hydrogen) atoms. The van der Waals surface area contributed by atoms with Gasteiger partial charge in [-0.25, -0.2) is 4.39 Å². The molecular weight excluding hydrogens is 573 g/mol. The zero-order chi connectivity index (χ0) is 31.4. The van der Waals surface area contributed by atoms with Gasteiger partial charge in [-0.2, -0.15) is 0 Å². The van der Waals surface area contributed by atoms with Crippen LogP contribution in [0.15, 0.2) is 66.7 Å². The largest absolute Gasteiger partial charge is 0.481 e. The van der Waals surface area contributed by atoms with Crippen LogP contribution in [0.4, 0.5) is 21.5 Å². The number of nitrogens with one attached hydrogen (secondary N) is 2. The highest BCUT2D eigenvalue weighted by molar-refractivity contribution is 6.07. The van der Waals surface area contributed by atoms with Crippen LogP contribution in [0.25, 0.3) is 0 Å². The Morgan fingerprint density at radius 1 is 0.909 bits per heavy atom. The van der Waals surface area contributed by atoms with Gasteiger partial charge in [0.1, 0.15) is 5.82 Å². The first-order valence-corrected chi connectivity index (χ1v) is 14.1. The van der Waals surface area contributed by atoms with E-state index in [2.05, 4.69) is 10.6 Å². The average Bonchev–Trinajstić information content (AvgIpc) is 3.86. The number of aliphatic carboxylic acids is 1. The van der Waals surface area contributed by atoms with E-state index in [4.69, 9.17) is 0 Å². The van der Waals surface area contributed by atoms with Gasteiger partial charge < -0.3 is 25.5 Å². The van der Waals surface area contributed by atoms with Crippen molar-refractivity contribution in [3.8, 4) is 0 Å². The molecule has 2 aliphatic rings. The first kappa shape index (κ1) is 30.1. The molecule has 3 aromatic carbocycles. The molecule has 13 heteroatoms. The SMILES string of the molecule is O=C(O)CC(NC(=O)c1ccc(N2CCN(C(=O)C3CC3)CC2)c(NC(=O)c2ccc([N+](=O)[O-])cc2)c1)c1ccc(F)cc1. The maximum absolute atomic E-state index is 13.5. The number of nitro benzene ring substituents is 1. The van der Waals surface area contributed by atoms with E-state index in [1.54, 1.807) is 12.1 Å². The lowest BCUT2D eigenvalue weighted by molar-refractivity contribution is -0.384. The molecule has 1 aliphatic heterocycles. The fraction of sp³-hybridized carbons (Fsp3) is 0.290. The lowest BCUT2D eigenvalue weighted by atomic mass is 10.0. The van der Waals surface area contributed by atoms with Gasteiger partial charge in [-0.3, -0.25) is 29.3 Å². The third-order valence-electron chi connectivity index (χ3n) is 7.66. The van der Waals surface area contributed by atoms with Crippen LogP contribution in [0.3, 0.4) is 0 Å². The van der Waals surface area contributed by atoms with Crippen LogP contribution in [0.1, 0.15) is 51.6 Å². The quantitative estimate of drug-likeness (QED) is 0.231. The number of carboxylic acid groups (broad SMARTS) is 1. The number of carbonyl (C=O) groups is 4. The standard InChI is InChI=1S/C31H30FN5O7/c32-23-8-3-19(4-9-23)25(18-28(38)39)33-30(41)22-7-12-27(35-13-15-36(16-14-35)31(42)21-1-2-21)26(17-22)34-29(40)20-5-10-24(11-6-20)37(43)44/h3-12,17,21,25H,1-2,13-16,18H2,(H,33,41)(H,34,40)(H,38,39). The molecule has 228 valence electrons. The number of carbonyl (C=O) groups excluding carboxylic acids is 3. The monoisotopic (exact) mass is 603 g/mol. The van der Waals surface area contributed by atoms with E-state index in [1.165, 1.54) is 54.6 Å². The molecule has 0 bridgehead atoms. The van der Waals surface area contributed by atoms with Gasteiger partial charge in [-0.05, 0) is 60.9 Å². The Hall–Kier alpha value is -5.33. The summed E-state index contributed by atoms with van der Waals surface area (Å²) < 4.78 is 13.5. The first-order chi connectivity index (χ1) is 21.1. The van der Waals surface area contributed by atoms with Crippen LogP contribution in [-0.4, -0.2) is 64.8 Å². The zero-order valence-electron chi connectivity index (χ0n) is 23.6. The summed E-state index contributed by atoms with van der Waals surface area (Å²) in [5.41, 5.74) is 1.43. The number of nitro groups is 1. The minimum atomic E-state index is -1.16. The summed E-state index contributed by atoms with van der Waals surface area (Å²) in [7, 11) is 0. The molecule has 2 fully saturated rings. The Kier molecular flexibility index (Phi) is 8.83. The predicted molar refractivity (Wildman–Crippen MR) is 158 cm³/mol. The van der Waals surface area contributed by atoms with E-state index in [-0.39, 0.29) is 28.6 Å². The summed E-state index contributed by atoms with van der Waals surface area (Å²) in [5, 5.41) is 25.9. The van der Waals surface area contributed by atoms with Gasteiger partial charge in [0, 0.05) is 55.4 Å². The van der Waals surface area contributed by atoms with Gasteiger partial charge in [-0.15, -0.1) is 0 Å². The van der Waals surface area contributed by atoms with Crippen LogP contribution in [0.5, 0.6) is 0 Å². The number of hydrogen-bond acceptors (Lipinski definition) is 7. The number of halogens is 1. The number of rotatable bonds is 10. The minimum Gasteiger partial charge on any atom is -0.481 e. The first-order valence-electron chi connectivity index (χ1n) is 14.1. The molecule has 1 saturated carbocycles. The van der Waals surface area contributed by atoms with Crippen molar-refractivity contribution in [1.82, 2.24) is 10.2 Å². The van der Waals surface area contributed by atoms with E-state index in [9.17, 15) is 38.8 Å². The van der Waals surface area contributed by atoms with Crippen molar-refractivity contribution < 1.29 is 33.6 Å². The normalized spacial score (nSPS) is 15.3. The molecule has 1 atom stereocenters. The fourth-order valence-electron chi connectivity index (χ4n) is 5.10. The van der Waals surface area contributed by atoms with Crippen molar-refractivity contribution >= 4 is 40.8 Å². The number of nitrogens with zero attached hydrogens (tertiary/aromatic N) is 3. The third kappa shape index (κ3) is 7.17. The summed E-state index contributed by atoms with van der Waals surface area (Å²) in [4.78, 5) is 64.9. The molecule has 0 aromatic heterocycles. The van der Waals surface area contributed by atoms with Crippen LogP contribution in [-0.2, 0) is 9.59 Å². The average molecular weight is 604 g/mol. The van der Waals surface area contributed by atoms with E-state index >= 15 is 0 Å². The van der Waals surface area contributed by atoms with Crippen molar-refractivity contribution in [2.75, 3.05) is 36.4 Å². The van der Waals surface area contributed by atoms with Gasteiger partial charge >= 0.3 is 5.97 Å². The highest BCUT2D eigenvalue weighted by Crippen LogP contribution is 2.33. The van der Waals surface area contributed by atoms with Crippen molar-refractivity contribution in [2.24, 2.45) is 5.92 Å². The summed E-state index contributed by atoms with van der Waals surface area (Å²) in [6.07, 6.45) is 1.38. The maximum atomic E-state index is 13.5. The summed E-state index contributed by atoms with van der Waals surface area (Å²) in [5.74, 6) is -2.58. The number of non-ortho nitro benzene ring substituents is 1. The summed E-state index contributed by atoms with van der Waals surface area (Å²) in [6, 6.07) is 14.0. The highest BCUT2D eigenvalue weighted by Gasteiger charge is 2.35. The summed E-state index contributed by atoms with van der Waals surface area (Å²) >= 11 is 0. The number of anilines is 2. The van der Waals surface area contributed by atoms with Crippen molar-refractivity contribution in [3.05, 3.63) is 99.4 Å². The second-order valence-electron chi connectivity index (χ2n) is 10.8.